The number of aliphatic carboxylic acids is 1. The van der Waals surface area contributed by atoms with E-state index < -0.39 is 41.9 Å². The molecule has 27 heavy (non-hydrogen) atoms. The number of likely N-dealkylation sites (tertiary alicyclic amines) is 1. The number of aliphatic hydroxyl groups excluding tert-OH is 1. The number of carboxylic acid groups (broad SMARTS) is 1. The van der Waals surface area contributed by atoms with Gasteiger partial charge in [-0.1, -0.05) is 25.3 Å². The minimum Gasteiger partial charge on any atom is -0.480 e. The number of aromatic nitrogens is 1. The van der Waals surface area contributed by atoms with Crippen LogP contribution < -0.4 is 5.32 Å². The molecule has 8 nitrogen and oxygen atoms in total. The molecule has 3 heterocycles. The predicted molar refractivity (Wildman–Crippen MR) is 93.3 cm³/mol. The van der Waals surface area contributed by atoms with E-state index in [-0.39, 0.29) is 11.9 Å². The third-order valence-corrected chi connectivity index (χ3v) is 6.27. The standard InChI is InChI=1S/C19H23N3O5/c23-10-19(18(26)27)14-13(15(21-19)12-8-4-5-9-20-12)16(24)22(17(14)25)11-6-2-1-3-7-11/h4-5,8-9,11,13-15,21,23H,1-3,6-7,10H2,(H,26,27). The van der Waals surface area contributed by atoms with Crippen molar-refractivity contribution < 1.29 is 24.6 Å². The number of nitrogens with zero attached hydrogens (tertiary/aromatic N) is 2. The number of fused-ring (bicyclic) bond motifs is 1. The van der Waals surface area contributed by atoms with Gasteiger partial charge in [0.05, 0.1) is 30.2 Å². The van der Waals surface area contributed by atoms with Gasteiger partial charge in [-0.2, -0.15) is 0 Å². The molecule has 2 amide bonds. The summed E-state index contributed by atoms with van der Waals surface area (Å²) in [5.41, 5.74) is -1.39. The second kappa shape index (κ2) is 6.69. The highest BCUT2D eigenvalue weighted by atomic mass is 16.4. The molecule has 2 saturated heterocycles. The van der Waals surface area contributed by atoms with E-state index in [1.165, 1.54) is 4.90 Å². The van der Waals surface area contributed by atoms with Crippen LogP contribution in [0.5, 0.6) is 0 Å². The number of nitrogens with one attached hydrogen (secondary N) is 1. The Kier molecular flexibility index (Phi) is 4.47. The SMILES string of the molecule is O=C1C2C(c3ccccn3)NC(CO)(C(=O)O)C2C(=O)N1C1CCCCC1. The van der Waals surface area contributed by atoms with E-state index >= 15 is 0 Å². The van der Waals surface area contributed by atoms with Gasteiger partial charge in [0, 0.05) is 12.2 Å². The first kappa shape index (κ1) is 18.1. The maximum Gasteiger partial charge on any atom is 0.327 e. The van der Waals surface area contributed by atoms with Crippen molar-refractivity contribution in [2.75, 3.05) is 6.61 Å². The van der Waals surface area contributed by atoms with E-state index in [4.69, 9.17) is 0 Å². The quantitative estimate of drug-likeness (QED) is 0.657. The van der Waals surface area contributed by atoms with Crippen LogP contribution in [0.15, 0.2) is 24.4 Å². The van der Waals surface area contributed by atoms with Crippen LogP contribution in [0.4, 0.5) is 0 Å². The normalized spacial score (nSPS) is 34.1. The molecular formula is C19H23N3O5. The number of aliphatic hydroxyl groups is 1. The zero-order valence-corrected chi connectivity index (χ0v) is 14.9. The summed E-state index contributed by atoms with van der Waals surface area (Å²) in [6.45, 7) is -0.773. The van der Waals surface area contributed by atoms with Crippen molar-refractivity contribution in [1.82, 2.24) is 15.2 Å². The molecule has 1 aliphatic carbocycles. The topological polar surface area (TPSA) is 120 Å². The Morgan fingerprint density at radius 3 is 2.56 bits per heavy atom. The van der Waals surface area contributed by atoms with Crippen molar-refractivity contribution in [2.24, 2.45) is 11.8 Å². The summed E-state index contributed by atoms with van der Waals surface area (Å²) in [6.07, 6.45) is 6.03. The molecule has 0 spiro atoms. The first-order chi connectivity index (χ1) is 13.0. The zero-order valence-electron chi connectivity index (χ0n) is 14.9. The molecule has 1 saturated carbocycles. The predicted octanol–water partition coefficient (Wildman–Crippen LogP) is 0.475. The van der Waals surface area contributed by atoms with Gasteiger partial charge in [0.25, 0.3) is 0 Å². The average Bonchev–Trinajstić information content (AvgIpc) is 3.18. The maximum atomic E-state index is 13.3. The number of amides is 2. The molecule has 0 aromatic carbocycles. The fourth-order valence-corrected chi connectivity index (χ4v) is 4.95. The van der Waals surface area contributed by atoms with E-state index in [1.807, 2.05) is 0 Å². The van der Waals surface area contributed by atoms with E-state index in [0.717, 1.165) is 32.1 Å². The van der Waals surface area contributed by atoms with E-state index in [9.17, 15) is 24.6 Å². The molecule has 4 rings (SSSR count). The third-order valence-electron chi connectivity index (χ3n) is 6.27. The van der Waals surface area contributed by atoms with Crippen LogP contribution in [0.1, 0.15) is 43.8 Å². The summed E-state index contributed by atoms with van der Waals surface area (Å²) in [6, 6.07) is 4.26. The first-order valence-electron chi connectivity index (χ1n) is 9.41. The zero-order chi connectivity index (χ0) is 19.2. The summed E-state index contributed by atoms with van der Waals surface area (Å²) < 4.78 is 0. The van der Waals surface area contributed by atoms with Crippen molar-refractivity contribution in [3.63, 3.8) is 0 Å². The molecule has 0 radical (unpaired) electrons. The van der Waals surface area contributed by atoms with Crippen molar-refractivity contribution in [1.29, 1.82) is 0 Å². The summed E-state index contributed by atoms with van der Waals surface area (Å²) in [5, 5.41) is 22.7. The fraction of sp³-hybridized carbons (Fsp3) is 0.579. The highest BCUT2D eigenvalue weighted by molar-refractivity contribution is 6.09. The number of imide groups is 1. The van der Waals surface area contributed by atoms with Gasteiger partial charge in [-0.15, -0.1) is 0 Å². The van der Waals surface area contributed by atoms with Gasteiger partial charge in [-0.3, -0.25) is 29.6 Å². The highest BCUT2D eigenvalue weighted by Crippen LogP contribution is 2.49. The summed E-state index contributed by atoms with van der Waals surface area (Å²) >= 11 is 0. The Morgan fingerprint density at radius 1 is 1.22 bits per heavy atom. The third kappa shape index (κ3) is 2.58. The molecule has 3 fully saturated rings. The monoisotopic (exact) mass is 373 g/mol. The van der Waals surface area contributed by atoms with Crippen LogP contribution in [-0.4, -0.2) is 56.1 Å². The number of carbonyl (C=O) groups excluding carboxylic acids is 2. The Labute approximate surface area is 156 Å². The van der Waals surface area contributed by atoms with Crippen molar-refractivity contribution >= 4 is 17.8 Å². The van der Waals surface area contributed by atoms with Gasteiger partial charge in [-0.05, 0) is 25.0 Å². The van der Waals surface area contributed by atoms with Gasteiger partial charge < -0.3 is 10.2 Å². The minimum absolute atomic E-state index is 0.182. The van der Waals surface area contributed by atoms with Crippen LogP contribution >= 0.6 is 0 Å². The first-order valence-corrected chi connectivity index (χ1v) is 9.41. The molecule has 1 aromatic heterocycles. The number of carboxylic acids is 1. The largest absolute Gasteiger partial charge is 0.480 e. The summed E-state index contributed by atoms with van der Waals surface area (Å²) in [7, 11) is 0. The van der Waals surface area contributed by atoms with Crippen LogP contribution in [0.3, 0.4) is 0 Å². The van der Waals surface area contributed by atoms with Crippen molar-refractivity contribution in [3.8, 4) is 0 Å². The second-order valence-corrected chi connectivity index (χ2v) is 7.65. The molecular weight excluding hydrogens is 350 g/mol. The minimum atomic E-state index is -1.89. The Hall–Kier alpha value is -2.32. The molecule has 4 unspecified atom stereocenters. The van der Waals surface area contributed by atoms with Crippen LogP contribution in [0, 0.1) is 11.8 Å². The second-order valence-electron chi connectivity index (χ2n) is 7.65. The number of rotatable bonds is 4. The van der Waals surface area contributed by atoms with E-state index in [0.29, 0.717) is 5.69 Å². The van der Waals surface area contributed by atoms with Crippen LogP contribution in [0.2, 0.25) is 0 Å². The number of carbonyl (C=O) groups is 3. The lowest BCUT2D eigenvalue weighted by molar-refractivity contribution is -0.154. The molecule has 1 aromatic rings. The van der Waals surface area contributed by atoms with E-state index in [1.54, 1.807) is 24.4 Å². The molecule has 3 aliphatic rings. The molecule has 3 N–H and O–H groups in total. The van der Waals surface area contributed by atoms with Gasteiger partial charge in [0.2, 0.25) is 11.8 Å². The van der Waals surface area contributed by atoms with Gasteiger partial charge in [0.15, 0.2) is 5.54 Å². The van der Waals surface area contributed by atoms with Crippen LogP contribution in [-0.2, 0) is 14.4 Å². The van der Waals surface area contributed by atoms with Crippen molar-refractivity contribution in [2.45, 2.75) is 49.7 Å². The number of hydrogen-bond donors (Lipinski definition) is 3. The summed E-state index contributed by atoms with van der Waals surface area (Å²) in [5.74, 6) is -4.18. The molecule has 144 valence electrons. The fourth-order valence-electron chi connectivity index (χ4n) is 4.95. The lowest BCUT2D eigenvalue weighted by Crippen LogP contribution is -2.59. The number of pyridine rings is 1. The lowest BCUT2D eigenvalue weighted by atomic mass is 9.80. The Balaban J connectivity index is 1.78. The van der Waals surface area contributed by atoms with Crippen molar-refractivity contribution in [3.05, 3.63) is 30.1 Å². The van der Waals surface area contributed by atoms with E-state index in [2.05, 4.69) is 10.3 Å². The Bertz CT molecular complexity index is 764. The average molecular weight is 373 g/mol. The van der Waals surface area contributed by atoms with Gasteiger partial charge in [0.1, 0.15) is 0 Å². The number of hydrogen-bond acceptors (Lipinski definition) is 6. The summed E-state index contributed by atoms with van der Waals surface area (Å²) in [4.78, 5) is 44.1. The maximum absolute atomic E-state index is 13.3. The molecule has 8 heteroatoms. The van der Waals surface area contributed by atoms with Gasteiger partial charge in [-0.25, -0.2) is 0 Å². The highest BCUT2D eigenvalue weighted by Gasteiger charge is 2.69. The lowest BCUT2D eigenvalue weighted by Gasteiger charge is -2.33. The van der Waals surface area contributed by atoms with Crippen LogP contribution in [0.25, 0.3) is 0 Å². The molecule has 4 atom stereocenters. The van der Waals surface area contributed by atoms with Gasteiger partial charge >= 0.3 is 5.97 Å². The Morgan fingerprint density at radius 2 is 1.96 bits per heavy atom. The smallest absolute Gasteiger partial charge is 0.327 e. The molecule has 0 bridgehead atoms. The molecule has 2 aliphatic heterocycles.